The van der Waals surface area contributed by atoms with Gasteiger partial charge in [-0.15, -0.1) is 0 Å². The van der Waals surface area contributed by atoms with Crippen LogP contribution in [0.2, 0.25) is 5.02 Å². The zero-order valence-corrected chi connectivity index (χ0v) is 25.6. The Morgan fingerprint density at radius 3 is 2.36 bits per heavy atom. The number of nitrogens with zero attached hydrogens (tertiary/aromatic N) is 2. The molecule has 2 N–H and O–H groups in total. The summed E-state index contributed by atoms with van der Waals surface area (Å²) < 4.78 is 30.0. The number of nitriles is 1. The van der Waals surface area contributed by atoms with Crippen molar-refractivity contribution in [2.75, 3.05) is 21.3 Å². The molecule has 0 unspecified atom stereocenters. The van der Waals surface area contributed by atoms with Crippen LogP contribution in [0.15, 0.2) is 83.0 Å². The molecule has 9 nitrogen and oxygen atoms in total. The molecule has 0 spiro atoms. The first-order chi connectivity index (χ1) is 21.3. The maximum atomic E-state index is 14.1. The van der Waals surface area contributed by atoms with Gasteiger partial charge in [-0.25, -0.2) is 0 Å². The van der Waals surface area contributed by atoms with Crippen LogP contribution in [0.3, 0.4) is 0 Å². The third-order valence-corrected chi connectivity index (χ3v) is 7.99. The molecular weight excluding hydrogens is 582 g/mol. The number of rotatable bonds is 10. The lowest BCUT2D eigenvalue weighted by Gasteiger charge is -2.28. The van der Waals surface area contributed by atoms with E-state index in [0.717, 1.165) is 11.1 Å². The normalized spacial score (nSPS) is 13.9. The van der Waals surface area contributed by atoms with E-state index in [-0.39, 0.29) is 23.6 Å². The van der Waals surface area contributed by atoms with Crippen molar-refractivity contribution >= 4 is 11.6 Å². The SMILES string of the molecule is COc1ccc(CCn2c(C)cc3c(c2=O)[C@H](c2ccc(OCc4ccccc4Cl)c(OC)c2)C(C#N)=C(N)O3)cc1OC. The number of hydrogen-bond donors (Lipinski definition) is 1. The van der Waals surface area contributed by atoms with Gasteiger partial charge < -0.3 is 34.0 Å². The summed E-state index contributed by atoms with van der Waals surface area (Å²) in [7, 11) is 4.69. The Labute approximate surface area is 260 Å². The Hall–Kier alpha value is -5.07. The van der Waals surface area contributed by atoms with Crippen molar-refractivity contribution in [3.8, 4) is 34.8 Å². The molecule has 1 aliphatic rings. The standard InChI is InChI=1S/C34H32ClN3O6/c1-20-15-30-32(34(39)38(20)14-13-21-9-11-26(40-2)28(16-21)41-3)31(24(18-36)33(37)44-30)22-10-12-27(29(17-22)42-4)43-19-23-7-5-6-8-25(23)35/h5-12,15-17,31H,13-14,19,37H2,1-4H3/t31-/m1/s1. The Balaban J connectivity index is 1.51. The van der Waals surface area contributed by atoms with E-state index in [1.165, 1.54) is 7.11 Å². The minimum atomic E-state index is -0.782. The van der Waals surface area contributed by atoms with Crippen LogP contribution in [0.25, 0.3) is 0 Å². The third-order valence-electron chi connectivity index (χ3n) is 7.62. The zero-order valence-electron chi connectivity index (χ0n) is 24.8. The van der Waals surface area contributed by atoms with Gasteiger partial charge in [-0.05, 0) is 54.8 Å². The number of ether oxygens (including phenoxy) is 5. The molecule has 0 aliphatic carbocycles. The third kappa shape index (κ3) is 5.90. The second kappa shape index (κ2) is 13.1. The molecule has 0 radical (unpaired) electrons. The predicted octanol–water partition coefficient (Wildman–Crippen LogP) is 5.88. The van der Waals surface area contributed by atoms with Crippen molar-refractivity contribution in [3.05, 3.63) is 122 Å². The number of halogens is 1. The minimum Gasteiger partial charge on any atom is -0.493 e. The van der Waals surface area contributed by atoms with E-state index in [1.54, 1.807) is 49.1 Å². The van der Waals surface area contributed by atoms with E-state index in [1.807, 2.05) is 43.3 Å². The highest BCUT2D eigenvalue weighted by Gasteiger charge is 2.35. The summed E-state index contributed by atoms with van der Waals surface area (Å²) in [5.74, 6) is 1.63. The van der Waals surface area contributed by atoms with Gasteiger partial charge in [-0.3, -0.25) is 4.79 Å². The quantitative estimate of drug-likeness (QED) is 0.236. The Bertz CT molecular complexity index is 1840. The van der Waals surface area contributed by atoms with Crippen molar-refractivity contribution in [1.82, 2.24) is 4.57 Å². The van der Waals surface area contributed by atoms with Crippen molar-refractivity contribution in [2.45, 2.75) is 32.4 Å². The summed E-state index contributed by atoms with van der Waals surface area (Å²) in [4.78, 5) is 14.1. The molecule has 10 heteroatoms. The lowest BCUT2D eigenvalue weighted by Crippen LogP contribution is -2.33. The number of aryl methyl sites for hydroxylation is 2. The number of methoxy groups -OCH3 is 3. The maximum absolute atomic E-state index is 14.1. The lowest BCUT2D eigenvalue weighted by molar-refractivity contribution is 0.284. The van der Waals surface area contributed by atoms with Crippen LogP contribution in [-0.4, -0.2) is 25.9 Å². The highest BCUT2D eigenvalue weighted by molar-refractivity contribution is 6.31. The van der Waals surface area contributed by atoms with Gasteiger partial charge in [0.25, 0.3) is 5.56 Å². The second-order valence-electron chi connectivity index (χ2n) is 10.2. The van der Waals surface area contributed by atoms with Crippen LogP contribution in [0.5, 0.6) is 28.7 Å². The van der Waals surface area contributed by atoms with Crippen LogP contribution >= 0.6 is 11.6 Å². The predicted molar refractivity (Wildman–Crippen MR) is 167 cm³/mol. The first-order valence-corrected chi connectivity index (χ1v) is 14.2. The number of benzene rings is 3. The molecule has 1 atom stereocenters. The van der Waals surface area contributed by atoms with Crippen LogP contribution in [0.4, 0.5) is 0 Å². The van der Waals surface area contributed by atoms with E-state index in [0.29, 0.717) is 63.6 Å². The highest BCUT2D eigenvalue weighted by atomic mass is 35.5. The molecule has 5 rings (SSSR count). The minimum absolute atomic E-state index is 0.0510. The molecular formula is C34H32ClN3O6. The number of nitrogens with two attached hydrogens (primary N) is 1. The molecule has 3 aromatic carbocycles. The number of aromatic nitrogens is 1. The number of fused-ring (bicyclic) bond motifs is 1. The summed E-state index contributed by atoms with van der Waals surface area (Å²) in [6, 6.07) is 22.3. The monoisotopic (exact) mass is 613 g/mol. The summed E-state index contributed by atoms with van der Waals surface area (Å²) in [6.45, 7) is 2.46. The average Bonchev–Trinajstić information content (AvgIpc) is 3.03. The van der Waals surface area contributed by atoms with Crippen molar-refractivity contribution in [1.29, 1.82) is 5.26 Å². The first-order valence-electron chi connectivity index (χ1n) is 13.9. The average molecular weight is 614 g/mol. The van der Waals surface area contributed by atoms with Crippen LogP contribution in [-0.2, 0) is 19.6 Å². The molecule has 0 saturated heterocycles. The molecule has 1 aromatic heterocycles. The molecule has 2 heterocycles. The maximum Gasteiger partial charge on any atom is 0.258 e. The van der Waals surface area contributed by atoms with E-state index in [9.17, 15) is 10.1 Å². The van der Waals surface area contributed by atoms with E-state index in [4.69, 9.17) is 41.0 Å². The molecule has 1 aliphatic heterocycles. The fraction of sp³-hybridized carbons (Fsp3) is 0.235. The van der Waals surface area contributed by atoms with Gasteiger partial charge in [-0.2, -0.15) is 5.26 Å². The number of allylic oxidation sites excluding steroid dienone is 1. The second-order valence-corrected chi connectivity index (χ2v) is 10.6. The smallest absolute Gasteiger partial charge is 0.258 e. The Morgan fingerprint density at radius 2 is 1.66 bits per heavy atom. The van der Waals surface area contributed by atoms with Gasteiger partial charge in [-0.1, -0.05) is 41.9 Å². The molecule has 226 valence electrons. The van der Waals surface area contributed by atoms with Gasteiger partial charge >= 0.3 is 0 Å². The van der Waals surface area contributed by atoms with Gasteiger partial charge in [0, 0.05) is 28.9 Å². The fourth-order valence-electron chi connectivity index (χ4n) is 5.33. The summed E-state index contributed by atoms with van der Waals surface area (Å²) in [6.07, 6.45) is 0.555. The highest BCUT2D eigenvalue weighted by Crippen LogP contribution is 2.43. The van der Waals surface area contributed by atoms with Crippen LogP contribution in [0, 0.1) is 18.3 Å². The van der Waals surface area contributed by atoms with Crippen molar-refractivity contribution in [3.63, 3.8) is 0 Å². The van der Waals surface area contributed by atoms with Crippen molar-refractivity contribution < 1.29 is 23.7 Å². The van der Waals surface area contributed by atoms with Crippen LogP contribution < -0.4 is 35.0 Å². The molecule has 4 aromatic rings. The van der Waals surface area contributed by atoms with Crippen molar-refractivity contribution in [2.24, 2.45) is 5.73 Å². The van der Waals surface area contributed by atoms with E-state index in [2.05, 4.69) is 6.07 Å². The lowest BCUT2D eigenvalue weighted by atomic mass is 9.84. The molecule has 0 fully saturated rings. The topological polar surface area (TPSA) is 118 Å². The van der Waals surface area contributed by atoms with Gasteiger partial charge in [0.1, 0.15) is 24.0 Å². The molecule has 0 saturated carbocycles. The van der Waals surface area contributed by atoms with Crippen LogP contribution in [0.1, 0.15) is 33.9 Å². The zero-order chi connectivity index (χ0) is 31.4. The first kappa shape index (κ1) is 30.4. The Kier molecular flexibility index (Phi) is 9.02. The van der Waals surface area contributed by atoms with Gasteiger partial charge in [0.15, 0.2) is 23.0 Å². The summed E-state index contributed by atoms with van der Waals surface area (Å²) in [5.41, 5.74) is 9.52. The fourth-order valence-corrected chi connectivity index (χ4v) is 5.52. The Morgan fingerprint density at radius 1 is 0.955 bits per heavy atom. The summed E-state index contributed by atoms with van der Waals surface area (Å²) >= 11 is 6.29. The molecule has 0 amide bonds. The largest absolute Gasteiger partial charge is 0.493 e. The summed E-state index contributed by atoms with van der Waals surface area (Å²) in [5, 5.41) is 10.7. The van der Waals surface area contributed by atoms with Gasteiger partial charge in [0.05, 0.1) is 32.8 Å². The van der Waals surface area contributed by atoms with E-state index < -0.39 is 5.92 Å². The molecule has 44 heavy (non-hydrogen) atoms. The number of pyridine rings is 1. The van der Waals surface area contributed by atoms with E-state index >= 15 is 0 Å². The number of hydrogen-bond acceptors (Lipinski definition) is 8. The molecule has 0 bridgehead atoms. The van der Waals surface area contributed by atoms with Gasteiger partial charge in [0.2, 0.25) is 5.88 Å².